The summed E-state index contributed by atoms with van der Waals surface area (Å²) in [7, 11) is 0. The second-order valence-electron chi connectivity index (χ2n) is 9.67. The Morgan fingerprint density at radius 3 is 2.70 bits per heavy atom. The molecule has 1 atom stereocenters. The van der Waals surface area contributed by atoms with Crippen molar-refractivity contribution in [1.82, 2.24) is 19.9 Å². The highest BCUT2D eigenvalue weighted by Gasteiger charge is 2.20. The molecule has 0 fully saturated rings. The van der Waals surface area contributed by atoms with E-state index in [1.165, 1.54) is 30.1 Å². The summed E-state index contributed by atoms with van der Waals surface area (Å²) in [4.78, 5) is 26.9. The van der Waals surface area contributed by atoms with Crippen LogP contribution in [-0.2, 0) is 17.6 Å². The van der Waals surface area contributed by atoms with Gasteiger partial charge >= 0.3 is 5.97 Å². The molecule has 0 unspecified atom stereocenters. The molecule has 40 heavy (non-hydrogen) atoms. The van der Waals surface area contributed by atoms with Crippen molar-refractivity contribution in [2.24, 2.45) is 0 Å². The van der Waals surface area contributed by atoms with Crippen LogP contribution in [0.2, 0.25) is 0 Å². The number of nitrogens with one attached hydrogen (secondary N) is 2. The summed E-state index contributed by atoms with van der Waals surface area (Å²) in [5.41, 5.74) is 2.64. The van der Waals surface area contributed by atoms with E-state index in [2.05, 4.69) is 37.6 Å². The number of halogens is 1. The lowest BCUT2D eigenvalue weighted by Crippen LogP contribution is -2.37. The number of anilines is 2. The van der Waals surface area contributed by atoms with Gasteiger partial charge < -0.3 is 20.5 Å². The normalized spacial score (nSPS) is 13.1. The monoisotopic (exact) mass is 547 g/mol. The summed E-state index contributed by atoms with van der Waals surface area (Å²) in [6, 6.07) is 11.2. The minimum Gasteiger partial charge on any atom is -0.492 e. The SMILES string of the molecule is N#Cc1cnc(N[C@@H](CCN(CCCCc2ccc3c(n2)NCCC3)CCOc2ccc(F)cc2)C(=O)O)nc1. The zero-order chi connectivity index (χ0) is 28.2. The number of benzene rings is 1. The minimum atomic E-state index is -1.01. The van der Waals surface area contributed by atoms with Crippen LogP contribution in [0.3, 0.4) is 0 Å². The first-order valence-electron chi connectivity index (χ1n) is 13.5. The van der Waals surface area contributed by atoms with Gasteiger partial charge in [0.05, 0.1) is 18.0 Å². The van der Waals surface area contributed by atoms with E-state index in [9.17, 15) is 14.3 Å². The molecule has 3 aromatic rings. The van der Waals surface area contributed by atoms with Gasteiger partial charge in [0, 0.05) is 25.3 Å². The van der Waals surface area contributed by atoms with E-state index in [1.807, 2.05) is 6.07 Å². The number of pyridine rings is 1. The number of carboxylic acids is 1. The molecule has 2 aromatic heterocycles. The number of hydrogen-bond acceptors (Lipinski definition) is 9. The molecule has 3 heterocycles. The van der Waals surface area contributed by atoms with Gasteiger partial charge in [0.15, 0.2) is 0 Å². The molecule has 11 heteroatoms. The quantitative estimate of drug-likeness (QED) is 0.240. The largest absolute Gasteiger partial charge is 0.492 e. The summed E-state index contributed by atoms with van der Waals surface area (Å²) >= 11 is 0. The van der Waals surface area contributed by atoms with Crippen LogP contribution in [-0.4, -0.2) is 69.8 Å². The molecule has 3 N–H and O–H groups in total. The average molecular weight is 548 g/mol. The fourth-order valence-corrected chi connectivity index (χ4v) is 4.49. The summed E-state index contributed by atoms with van der Waals surface area (Å²) in [6.45, 7) is 3.19. The summed E-state index contributed by atoms with van der Waals surface area (Å²) < 4.78 is 19.0. The first-order chi connectivity index (χ1) is 19.5. The van der Waals surface area contributed by atoms with Crippen LogP contribution in [0.4, 0.5) is 16.2 Å². The molecule has 0 bridgehead atoms. The zero-order valence-corrected chi connectivity index (χ0v) is 22.4. The van der Waals surface area contributed by atoms with Crippen LogP contribution in [0, 0.1) is 17.1 Å². The van der Waals surface area contributed by atoms with E-state index in [-0.39, 0.29) is 11.8 Å². The van der Waals surface area contributed by atoms with E-state index in [4.69, 9.17) is 15.0 Å². The molecule has 0 saturated carbocycles. The number of aryl methyl sites for hydroxylation is 2. The second-order valence-corrected chi connectivity index (χ2v) is 9.67. The molecule has 0 spiro atoms. The Bertz CT molecular complexity index is 1280. The van der Waals surface area contributed by atoms with Crippen LogP contribution < -0.4 is 15.4 Å². The topological polar surface area (TPSA) is 136 Å². The van der Waals surface area contributed by atoms with Gasteiger partial charge in [0.25, 0.3) is 0 Å². The van der Waals surface area contributed by atoms with Gasteiger partial charge in [-0.05, 0) is 81.0 Å². The fourth-order valence-electron chi connectivity index (χ4n) is 4.49. The van der Waals surface area contributed by atoms with Gasteiger partial charge in [-0.25, -0.2) is 24.1 Å². The summed E-state index contributed by atoms with van der Waals surface area (Å²) in [5.74, 6) is 0.405. The fraction of sp³-hybridized carbons (Fsp3) is 0.414. The lowest BCUT2D eigenvalue weighted by Gasteiger charge is -2.24. The number of carboxylic acid groups (broad SMARTS) is 1. The molecule has 210 valence electrons. The molecule has 0 aliphatic carbocycles. The maximum Gasteiger partial charge on any atom is 0.326 e. The van der Waals surface area contributed by atoms with Crippen molar-refractivity contribution in [3.05, 3.63) is 71.4 Å². The van der Waals surface area contributed by atoms with Gasteiger partial charge in [-0.3, -0.25) is 4.90 Å². The molecule has 0 saturated heterocycles. The van der Waals surface area contributed by atoms with Crippen LogP contribution in [0.15, 0.2) is 48.8 Å². The third-order valence-electron chi connectivity index (χ3n) is 6.72. The van der Waals surface area contributed by atoms with E-state index in [0.29, 0.717) is 37.4 Å². The number of fused-ring (bicyclic) bond motifs is 1. The molecule has 0 radical (unpaired) electrons. The number of rotatable bonds is 15. The maximum absolute atomic E-state index is 13.2. The van der Waals surface area contributed by atoms with Crippen molar-refractivity contribution in [2.45, 2.75) is 44.6 Å². The number of nitrogens with zero attached hydrogens (tertiary/aromatic N) is 5. The Morgan fingerprint density at radius 1 is 1.15 bits per heavy atom. The molecular weight excluding hydrogens is 513 g/mol. The van der Waals surface area contributed by atoms with E-state index in [1.54, 1.807) is 12.1 Å². The Morgan fingerprint density at radius 2 is 1.95 bits per heavy atom. The number of hydrogen-bond donors (Lipinski definition) is 3. The van der Waals surface area contributed by atoms with Crippen molar-refractivity contribution in [3.8, 4) is 11.8 Å². The molecule has 4 rings (SSSR count). The Kier molecular flexibility index (Phi) is 10.6. The van der Waals surface area contributed by atoms with Gasteiger partial charge in [0.1, 0.15) is 36.1 Å². The molecule has 1 aliphatic heterocycles. The summed E-state index contributed by atoms with van der Waals surface area (Å²) in [6.07, 6.45) is 7.92. The molecule has 1 aromatic carbocycles. The average Bonchev–Trinajstić information content (AvgIpc) is 2.98. The predicted octanol–water partition coefficient (Wildman–Crippen LogP) is 3.90. The highest BCUT2D eigenvalue weighted by molar-refractivity contribution is 5.76. The Labute approximate surface area is 233 Å². The summed E-state index contributed by atoms with van der Waals surface area (Å²) in [5, 5.41) is 24.9. The van der Waals surface area contributed by atoms with Crippen LogP contribution in [0.5, 0.6) is 5.75 Å². The lowest BCUT2D eigenvalue weighted by atomic mass is 10.1. The number of aromatic nitrogens is 3. The third-order valence-corrected chi connectivity index (χ3v) is 6.72. The van der Waals surface area contributed by atoms with Crippen molar-refractivity contribution < 1.29 is 19.0 Å². The number of unbranched alkanes of at least 4 members (excludes halogenated alkanes) is 1. The first-order valence-corrected chi connectivity index (χ1v) is 13.5. The molecule has 1 aliphatic rings. The van der Waals surface area contributed by atoms with Crippen LogP contribution in [0.1, 0.15) is 42.5 Å². The number of aliphatic carboxylic acids is 1. The highest BCUT2D eigenvalue weighted by atomic mass is 19.1. The standard InChI is InChI=1S/C29H34FN7O3/c30-23-7-10-25(11-8-23)40-17-16-37(14-2-1-5-24-9-6-22-4-3-13-32-27(22)35-24)15-12-26(28(38)39)36-29-33-19-21(18-31)20-34-29/h6-11,19-20,26H,1-5,12-17H2,(H,32,35)(H,38,39)(H,33,34,36)/t26-/m0/s1. The van der Waals surface area contributed by atoms with Gasteiger partial charge in [-0.1, -0.05) is 6.07 Å². The minimum absolute atomic E-state index is 0.157. The smallest absolute Gasteiger partial charge is 0.326 e. The van der Waals surface area contributed by atoms with Crippen molar-refractivity contribution in [3.63, 3.8) is 0 Å². The highest BCUT2D eigenvalue weighted by Crippen LogP contribution is 2.20. The van der Waals surface area contributed by atoms with Crippen molar-refractivity contribution in [1.29, 1.82) is 5.26 Å². The Hall–Kier alpha value is -4.30. The van der Waals surface area contributed by atoms with Gasteiger partial charge in [-0.2, -0.15) is 5.26 Å². The molecular formula is C29H34FN7O3. The Balaban J connectivity index is 1.30. The zero-order valence-electron chi connectivity index (χ0n) is 22.4. The number of ether oxygens (including phenoxy) is 1. The van der Waals surface area contributed by atoms with E-state index < -0.39 is 12.0 Å². The predicted molar refractivity (Wildman–Crippen MR) is 149 cm³/mol. The molecule has 0 amide bonds. The van der Waals surface area contributed by atoms with E-state index in [0.717, 1.165) is 56.7 Å². The molecule has 10 nitrogen and oxygen atoms in total. The van der Waals surface area contributed by atoms with Gasteiger partial charge in [0.2, 0.25) is 5.95 Å². The van der Waals surface area contributed by atoms with E-state index >= 15 is 0 Å². The number of carbonyl (C=O) groups is 1. The lowest BCUT2D eigenvalue weighted by molar-refractivity contribution is -0.138. The van der Waals surface area contributed by atoms with Gasteiger partial charge in [-0.15, -0.1) is 0 Å². The maximum atomic E-state index is 13.2. The third kappa shape index (κ3) is 8.88. The van der Waals surface area contributed by atoms with Crippen molar-refractivity contribution >= 4 is 17.7 Å². The number of nitriles is 1. The van der Waals surface area contributed by atoms with Crippen LogP contribution in [0.25, 0.3) is 0 Å². The van der Waals surface area contributed by atoms with Crippen molar-refractivity contribution in [2.75, 3.05) is 43.4 Å². The first kappa shape index (κ1) is 28.7. The second kappa shape index (κ2) is 14.7. The van der Waals surface area contributed by atoms with Crippen LogP contribution >= 0.6 is 0 Å².